The van der Waals surface area contributed by atoms with Crippen molar-refractivity contribution in [3.63, 3.8) is 0 Å². The number of ketones is 2. The number of thiophene rings is 2. The highest BCUT2D eigenvalue weighted by Crippen LogP contribution is 2.38. The Morgan fingerprint density at radius 3 is 2.71 bits per heavy atom. The second kappa shape index (κ2) is 5.18. The van der Waals surface area contributed by atoms with Crippen molar-refractivity contribution in [3.8, 4) is 0 Å². The normalized spacial score (nSPS) is 14.7. The van der Waals surface area contributed by atoms with E-state index in [0.717, 1.165) is 0 Å². The molecule has 2 heterocycles. The summed E-state index contributed by atoms with van der Waals surface area (Å²) < 4.78 is 5.19. The van der Waals surface area contributed by atoms with Crippen molar-refractivity contribution >= 4 is 40.2 Å². The van der Waals surface area contributed by atoms with Crippen molar-refractivity contribution in [1.82, 2.24) is 0 Å². The van der Waals surface area contributed by atoms with Gasteiger partial charge in [-0.25, -0.2) is 4.79 Å². The molecule has 1 unspecified atom stereocenters. The van der Waals surface area contributed by atoms with Gasteiger partial charge in [-0.2, -0.15) is 0 Å². The Bertz CT molecular complexity index is 707. The molecule has 1 atom stereocenters. The van der Waals surface area contributed by atoms with Crippen molar-refractivity contribution in [1.29, 1.82) is 0 Å². The Labute approximate surface area is 127 Å². The molecular formula is C14H10O5S2. The van der Waals surface area contributed by atoms with Crippen LogP contribution in [0.2, 0.25) is 0 Å². The molecule has 5 nitrogen and oxygen atoms in total. The molecule has 3 rings (SSSR count). The van der Waals surface area contributed by atoms with Crippen LogP contribution < -0.4 is 0 Å². The summed E-state index contributed by atoms with van der Waals surface area (Å²) >= 11 is 2.45. The summed E-state index contributed by atoms with van der Waals surface area (Å²) in [6, 6.07) is 3.29. The second-order valence-electron chi connectivity index (χ2n) is 4.56. The van der Waals surface area contributed by atoms with E-state index in [4.69, 9.17) is 9.84 Å². The molecule has 21 heavy (non-hydrogen) atoms. The summed E-state index contributed by atoms with van der Waals surface area (Å²) in [7, 11) is 0. The standard InChI is InChI=1S/C14H10O5S2/c1-6(19-5-10(15)16)9-4-8-12(18)13-7(2-3-20-13)11(17)14(8)21-9/h2-4,6H,5H2,1H3,(H,15,16). The fourth-order valence-corrected chi connectivity index (χ4v) is 4.09. The van der Waals surface area contributed by atoms with E-state index in [1.54, 1.807) is 24.4 Å². The first kappa shape index (κ1) is 14.1. The first-order valence-corrected chi connectivity index (χ1v) is 7.82. The summed E-state index contributed by atoms with van der Waals surface area (Å²) in [5, 5.41) is 10.4. The first-order chi connectivity index (χ1) is 9.99. The third kappa shape index (κ3) is 2.33. The van der Waals surface area contributed by atoms with Gasteiger partial charge in [0.25, 0.3) is 0 Å². The molecule has 2 aromatic rings. The van der Waals surface area contributed by atoms with Crippen molar-refractivity contribution in [2.45, 2.75) is 13.0 Å². The lowest BCUT2D eigenvalue weighted by Crippen LogP contribution is -2.15. The van der Waals surface area contributed by atoms with Crippen molar-refractivity contribution in [2.24, 2.45) is 0 Å². The van der Waals surface area contributed by atoms with E-state index in [0.29, 0.717) is 25.8 Å². The number of hydrogen-bond donors (Lipinski definition) is 1. The molecule has 108 valence electrons. The van der Waals surface area contributed by atoms with Gasteiger partial charge in [-0.1, -0.05) is 0 Å². The number of carboxylic acid groups (broad SMARTS) is 1. The number of carbonyl (C=O) groups excluding carboxylic acids is 2. The Balaban J connectivity index is 1.94. The van der Waals surface area contributed by atoms with E-state index < -0.39 is 18.7 Å². The molecule has 0 fully saturated rings. The van der Waals surface area contributed by atoms with Crippen LogP contribution >= 0.6 is 22.7 Å². The molecular weight excluding hydrogens is 312 g/mol. The minimum Gasteiger partial charge on any atom is -0.480 e. The van der Waals surface area contributed by atoms with Crippen LogP contribution in [0.15, 0.2) is 17.5 Å². The van der Waals surface area contributed by atoms with Crippen LogP contribution in [0.3, 0.4) is 0 Å². The summed E-state index contributed by atoms with van der Waals surface area (Å²) in [4.78, 5) is 36.8. The van der Waals surface area contributed by atoms with Gasteiger partial charge >= 0.3 is 5.97 Å². The lowest BCUT2D eigenvalue weighted by molar-refractivity contribution is -0.144. The van der Waals surface area contributed by atoms with E-state index in [2.05, 4.69) is 0 Å². The number of rotatable bonds is 4. The average Bonchev–Trinajstić information content (AvgIpc) is 3.08. The number of ether oxygens (including phenoxy) is 1. The fourth-order valence-electron chi connectivity index (χ4n) is 2.13. The SMILES string of the molecule is CC(OCC(=O)O)c1cc2c(s1)C(=O)c1ccsc1C2=O. The maximum absolute atomic E-state index is 12.3. The molecule has 0 amide bonds. The van der Waals surface area contributed by atoms with Crippen molar-refractivity contribution in [3.05, 3.63) is 43.3 Å². The highest BCUT2D eigenvalue weighted by atomic mass is 32.1. The predicted molar refractivity (Wildman–Crippen MR) is 77.5 cm³/mol. The Hall–Kier alpha value is -1.83. The van der Waals surface area contributed by atoms with Gasteiger partial charge in [0.15, 0.2) is 0 Å². The molecule has 0 saturated carbocycles. The number of carboxylic acids is 1. The maximum Gasteiger partial charge on any atom is 0.329 e. The van der Waals surface area contributed by atoms with Crippen LogP contribution in [-0.4, -0.2) is 29.2 Å². The zero-order valence-electron chi connectivity index (χ0n) is 10.9. The fraction of sp³-hybridized carbons (Fsp3) is 0.214. The molecule has 0 aliphatic heterocycles. The molecule has 1 aliphatic carbocycles. The minimum atomic E-state index is -1.06. The average molecular weight is 322 g/mol. The third-order valence-electron chi connectivity index (χ3n) is 3.18. The Kier molecular flexibility index (Phi) is 3.48. The number of fused-ring (bicyclic) bond motifs is 2. The molecule has 0 radical (unpaired) electrons. The van der Waals surface area contributed by atoms with E-state index in [-0.39, 0.29) is 11.6 Å². The molecule has 1 N–H and O–H groups in total. The monoisotopic (exact) mass is 322 g/mol. The summed E-state index contributed by atoms with van der Waals surface area (Å²) in [5.74, 6) is -1.36. The van der Waals surface area contributed by atoms with Gasteiger partial charge in [0.2, 0.25) is 11.6 Å². The summed E-state index contributed by atoms with van der Waals surface area (Å²) in [6.07, 6.45) is -0.477. The minimum absolute atomic E-state index is 0.150. The molecule has 7 heteroatoms. The van der Waals surface area contributed by atoms with Crippen molar-refractivity contribution in [2.75, 3.05) is 6.61 Å². The lowest BCUT2D eigenvalue weighted by Gasteiger charge is -2.08. The van der Waals surface area contributed by atoms with E-state index in [1.807, 2.05) is 0 Å². The number of aliphatic carboxylic acids is 1. The molecule has 1 aliphatic rings. The van der Waals surface area contributed by atoms with Gasteiger partial charge in [-0.3, -0.25) is 9.59 Å². The zero-order chi connectivity index (χ0) is 15.1. The van der Waals surface area contributed by atoms with Crippen molar-refractivity contribution < 1.29 is 24.2 Å². The smallest absolute Gasteiger partial charge is 0.329 e. The van der Waals surface area contributed by atoms with Gasteiger partial charge < -0.3 is 9.84 Å². The van der Waals surface area contributed by atoms with Crippen LogP contribution in [-0.2, 0) is 9.53 Å². The van der Waals surface area contributed by atoms with Gasteiger partial charge in [0.1, 0.15) is 6.61 Å². The summed E-state index contributed by atoms with van der Waals surface area (Å²) in [5.41, 5.74) is 0.839. The van der Waals surface area contributed by atoms with Crippen LogP contribution in [0.1, 0.15) is 48.4 Å². The van der Waals surface area contributed by atoms with Crippen LogP contribution in [0, 0.1) is 0 Å². The second-order valence-corrected chi connectivity index (χ2v) is 6.56. The first-order valence-electron chi connectivity index (χ1n) is 6.13. The Morgan fingerprint density at radius 2 is 2.00 bits per heavy atom. The summed E-state index contributed by atoms with van der Waals surface area (Å²) in [6.45, 7) is 1.28. The third-order valence-corrected chi connectivity index (χ3v) is 5.38. The topological polar surface area (TPSA) is 80.7 Å². The number of carbonyl (C=O) groups is 3. The van der Waals surface area contributed by atoms with Crippen LogP contribution in [0.4, 0.5) is 0 Å². The van der Waals surface area contributed by atoms with Gasteiger partial charge in [0.05, 0.1) is 15.9 Å². The Morgan fingerprint density at radius 1 is 1.29 bits per heavy atom. The maximum atomic E-state index is 12.3. The largest absolute Gasteiger partial charge is 0.480 e. The highest BCUT2D eigenvalue weighted by Gasteiger charge is 2.33. The van der Waals surface area contributed by atoms with E-state index >= 15 is 0 Å². The predicted octanol–water partition coefficient (Wildman–Crippen LogP) is 2.75. The van der Waals surface area contributed by atoms with Gasteiger partial charge in [-0.15, -0.1) is 22.7 Å². The number of hydrogen-bond acceptors (Lipinski definition) is 6. The van der Waals surface area contributed by atoms with E-state index in [1.165, 1.54) is 22.7 Å². The molecule has 0 spiro atoms. The lowest BCUT2D eigenvalue weighted by atomic mass is 9.96. The van der Waals surface area contributed by atoms with Gasteiger partial charge in [-0.05, 0) is 24.4 Å². The molecule has 2 aromatic heterocycles. The van der Waals surface area contributed by atoms with E-state index in [9.17, 15) is 14.4 Å². The zero-order valence-corrected chi connectivity index (χ0v) is 12.5. The molecule has 0 aromatic carbocycles. The van der Waals surface area contributed by atoms with Gasteiger partial charge in [0, 0.05) is 16.0 Å². The molecule has 0 bridgehead atoms. The quantitative estimate of drug-likeness (QED) is 0.799. The highest BCUT2D eigenvalue weighted by molar-refractivity contribution is 7.16. The van der Waals surface area contributed by atoms with Crippen LogP contribution in [0.25, 0.3) is 0 Å². The van der Waals surface area contributed by atoms with Crippen LogP contribution in [0.5, 0.6) is 0 Å². The molecule has 0 saturated heterocycles.